The number of hydrogen-bond donors (Lipinski definition) is 2. The molecule has 0 saturated heterocycles. The second-order valence-corrected chi connectivity index (χ2v) is 5.29. The monoisotopic (exact) mass is 283 g/mol. The average molecular weight is 283 g/mol. The van der Waals surface area contributed by atoms with Crippen molar-refractivity contribution in [2.45, 2.75) is 0 Å². The van der Waals surface area contributed by atoms with Crippen molar-refractivity contribution in [1.82, 2.24) is 0 Å². The first-order chi connectivity index (χ1) is 8.90. The van der Waals surface area contributed by atoms with Crippen LogP contribution in [-0.2, 0) is 14.8 Å². The molecular weight excluding hydrogens is 274 g/mol. The number of carboxylic acid groups (broad SMARTS) is 1. The van der Waals surface area contributed by atoms with Gasteiger partial charge in [-0.15, -0.1) is 0 Å². The van der Waals surface area contributed by atoms with Gasteiger partial charge in [-0.2, -0.15) is 12.8 Å². The summed E-state index contributed by atoms with van der Waals surface area (Å²) in [6.07, 6.45) is 0.777. The fraction of sp³-hybridized carbons (Fsp3) is 0.0909. The van der Waals surface area contributed by atoms with E-state index in [1.54, 1.807) is 0 Å². The summed E-state index contributed by atoms with van der Waals surface area (Å²) in [6.45, 7) is -0.465. The van der Waals surface area contributed by atoms with Crippen molar-refractivity contribution in [3.8, 4) is 11.5 Å². The van der Waals surface area contributed by atoms with Gasteiger partial charge in [0, 0.05) is 6.07 Å². The van der Waals surface area contributed by atoms with Crippen molar-refractivity contribution >= 4 is 22.2 Å². The molecular formula is C11H9NO6S. The zero-order chi connectivity index (χ0) is 14.0. The van der Waals surface area contributed by atoms with E-state index in [1.165, 1.54) is 24.3 Å². The Kier molecular flexibility index (Phi) is 3.26. The maximum atomic E-state index is 11.5. The lowest BCUT2D eigenvalue weighted by molar-refractivity contribution is -0.132. The van der Waals surface area contributed by atoms with Gasteiger partial charge in [0.25, 0.3) is 10.0 Å². The van der Waals surface area contributed by atoms with Crippen LogP contribution in [0.25, 0.3) is 0 Å². The summed E-state index contributed by atoms with van der Waals surface area (Å²) in [7, 11) is -3.98. The van der Waals surface area contributed by atoms with Crippen molar-refractivity contribution in [2.75, 3.05) is 6.61 Å². The standard InChI is InChI=1S/C11H9NO6S/c13-7-2-1-3-8(4-7)18-6-10-9(11(14)15)5-12-19(10,16)17/h1-5,13H,6H2,(H,14,15). The van der Waals surface area contributed by atoms with E-state index < -0.39 is 33.1 Å². The second kappa shape index (κ2) is 4.73. The van der Waals surface area contributed by atoms with E-state index in [4.69, 9.17) is 9.84 Å². The van der Waals surface area contributed by atoms with Gasteiger partial charge >= 0.3 is 5.97 Å². The molecule has 8 heteroatoms. The Morgan fingerprint density at radius 1 is 1.37 bits per heavy atom. The van der Waals surface area contributed by atoms with E-state index in [9.17, 15) is 18.3 Å². The van der Waals surface area contributed by atoms with Crippen LogP contribution in [0.4, 0.5) is 0 Å². The van der Waals surface area contributed by atoms with Crippen LogP contribution in [-0.4, -0.2) is 37.4 Å². The molecule has 1 aromatic rings. The van der Waals surface area contributed by atoms with Crippen LogP contribution in [0, 0.1) is 0 Å². The molecule has 2 N–H and O–H groups in total. The van der Waals surface area contributed by atoms with E-state index in [0.29, 0.717) is 0 Å². The van der Waals surface area contributed by atoms with Gasteiger partial charge < -0.3 is 14.9 Å². The van der Waals surface area contributed by atoms with Gasteiger partial charge in [0.05, 0.1) is 11.8 Å². The van der Waals surface area contributed by atoms with Crippen LogP contribution in [0.3, 0.4) is 0 Å². The molecule has 19 heavy (non-hydrogen) atoms. The quantitative estimate of drug-likeness (QED) is 0.833. The Bertz CT molecular complexity index is 689. The fourth-order valence-electron chi connectivity index (χ4n) is 1.45. The van der Waals surface area contributed by atoms with Crippen molar-refractivity contribution < 1.29 is 28.2 Å². The largest absolute Gasteiger partial charge is 0.508 e. The van der Waals surface area contributed by atoms with Crippen LogP contribution < -0.4 is 4.74 Å². The molecule has 0 aromatic heterocycles. The number of phenolic OH excluding ortho intramolecular Hbond substituents is 1. The minimum absolute atomic E-state index is 0.0459. The summed E-state index contributed by atoms with van der Waals surface area (Å²) < 4.78 is 31.3. The van der Waals surface area contributed by atoms with Gasteiger partial charge in [-0.25, -0.2) is 4.79 Å². The molecule has 0 amide bonds. The maximum absolute atomic E-state index is 11.5. The molecule has 7 nitrogen and oxygen atoms in total. The first kappa shape index (κ1) is 13.1. The van der Waals surface area contributed by atoms with Gasteiger partial charge in [0.1, 0.15) is 23.0 Å². The molecule has 2 rings (SSSR count). The molecule has 0 radical (unpaired) electrons. The van der Waals surface area contributed by atoms with Crippen LogP contribution in [0.15, 0.2) is 39.1 Å². The van der Waals surface area contributed by atoms with Crippen LogP contribution >= 0.6 is 0 Å². The molecule has 0 saturated carbocycles. The van der Waals surface area contributed by atoms with E-state index in [0.717, 1.165) is 6.21 Å². The number of ether oxygens (including phenoxy) is 1. The molecule has 0 spiro atoms. The molecule has 0 unspecified atom stereocenters. The number of phenols is 1. The first-order valence-electron chi connectivity index (χ1n) is 5.09. The van der Waals surface area contributed by atoms with E-state index in [1.807, 2.05) is 0 Å². The minimum atomic E-state index is -3.98. The molecule has 0 fully saturated rings. The summed E-state index contributed by atoms with van der Waals surface area (Å²) in [4.78, 5) is 10.4. The lowest BCUT2D eigenvalue weighted by atomic mass is 10.3. The van der Waals surface area contributed by atoms with Gasteiger partial charge in [-0.05, 0) is 12.1 Å². The second-order valence-electron chi connectivity index (χ2n) is 3.64. The number of aromatic hydroxyl groups is 1. The van der Waals surface area contributed by atoms with Crippen molar-refractivity contribution in [3.05, 3.63) is 34.7 Å². The van der Waals surface area contributed by atoms with Crippen molar-refractivity contribution in [1.29, 1.82) is 0 Å². The van der Waals surface area contributed by atoms with Crippen LogP contribution in [0.5, 0.6) is 11.5 Å². The van der Waals surface area contributed by atoms with Gasteiger partial charge in [-0.1, -0.05) is 6.07 Å². The lowest BCUT2D eigenvalue weighted by Crippen LogP contribution is -2.12. The number of hydrogen-bond acceptors (Lipinski definition) is 5. The SMILES string of the molecule is O=C(O)C1=C(COc2cccc(O)c2)S(=O)(=O)N=C1. The third kappa shape index (κ3) is 2.74. The number of carboxylic acids is 1. The zero-order valence-electron chi connectivity index (χ0n) is 9.48. The molecule has 0 bridgehead atoms. The Morgan fingerprint density at radius 2 is 2.11 bits per heavy atom. The highest BCUT2D eigenvalue weighted by molar-refractivity contribution is 7.94. The maximum Gasteiger partial charge on any atom is 0.338 e. The van der Waals surface area contributed by atoms with Crippen LogP contribution in [0.1, 0.15) is 0 Å². The van der Waals surface area contributed by atoms with Gasteiger partial charge in [0.2, 0.25) is 0 Å². The third-order valence-electron chi connectivity index (χ3n) is 2.35. The first-order valence-corrected chi connectivity index (χ1v) is 6.53. The highest BCUT2D eigenvalue weighted by atomic mass is 32.2. The van der Waals surface area contributed by atoms with E-state index >= 15 is 0 Å². The van der Waals surface area contributed by atoms with E-state index in [-0.39, 0.29) is 11.5 Å². The molecule has 0 atom stereocenters. The summed E-state index contributed by atoms with van der Waals surface area (Å²) in [5.74, 6) is -1.21. The van der Waals surface area contributed by atoms with Gasteiger partial charge in [0.15, 0.2) is 0 Å². The van der Waals surface area contributed by atoms with Crippen molar-refractivity contribution in [2.24, 2.45) is 4.40 Å². The average Bonchev–Trinajstić information content (AvgIpc) is 2.62. The number of sulfonamides is 1. The van der Waals surface area contributed by atoms with Crippen molar-refractivity contribution in [3.63, 3.8) is 0 Å². The number of aliphatic carboxylic acids is 1. The molecule has 0 aliphatic carbocycles. The fourth-order valence-corrected chi connectivity index (χ4v) is 2.44. The summed E-state index contributed by atoms with van der Waals surface area (Å²) in [6, 6.07) is 5.72. The Balaban J connectivity index is 2.23. The smallest absolute Gasteiger partial charge is 0.338 e. The number of carbonyl (C=O) groups is 1. The summed E-state index contributed by atoms with van der Waals surface area (Å²) in [5.41, 5.74) is -0.417. The number of nitrogens with zero attached hydrogens (tertiary/aromatic N) is 1. The molecule has 100 valence electrons. The normalized spacial score (nSPS) is 16.6. The highest BCUT2D eigenvalue weighted by Crippen LogP contribution is 2.23. The molecule has 1 heterocycles. The predicted octanol–water partition coefficient (Wildman–Crippen LogP) is 0.524. The number of benzene rings is 1. The zero-order valence-corrected chi connectivity index (χ0v) is 10.3. The number of rotatable bonds is 4. The Labute approximate surface area is 108 Å². The van der Waals surface area contributed by atoms with Gasteiger partial charge in [-0.3, -0.25) is 0 Å². The predicted molar refractivity (Wildman–Crippen MR) is 65.7 cm³/mol. The highest BCUT2D eigenvalue weighted by Gasteiger charge is 2.30. The summed E-state index contributed by atoms with van der Waals surface area (Å²) >= 11 is 0. The molecule has 1 aromatic carbocycles. The Morgan fingerprint density at radius 3 is 2.74 bits per heavy atom. The topological polar surface area (TPSA) is 113 Å². The lowest BCUT2D eigenvalue weighted by Gasteiger charge is -2.07. The van der Waals surface area contributed by atoms with Crippen LogP contribution in [0.2, 0.25) is 0 Å². The van der Waals surface area contributed by atoms with E-state index in [2.05, 4.69) is 4.40 Å². The molecule has 1 aliphatic rings. The minimum Gasteiger partial charge on any atom is -0.508 e. The third-order valence-corrected chi connectivity index (χ3v) is 3.69. The molecule has 1 aliphatic heterocycles. The summed E-state index contributed by atoms with van der Waals surface area (Å²) in [5, 5.41) is 18.1. The Hall–Kier alpha value is -2.35.